The Balaban J connectivity index is 1.95. The van der Waals surface area contributed by atoms with Crippen LogP contribution in [0.3, 0.4) is 0 Å². The molecular formula is C24H13F4N3. The van der Waals surface area contributed by atoms with Crippen LogP contribution in [0.2, 0.25) is 0 Å². The van der Waals surface area contributed by atoms with Gasteiger partial charge in [-0.25, -0.2) is 4.68 Å². The van der Waals surface area contributed by atoms with E-state index < -0.39 is 29.2 Å². The van der Waals surface area contributed by atoms with E-state index in [0.29, 0.717) is 28.1 Å². The minimum Gasteiger partial charge on any atom is -0.226 e. The molecule has 1 aliphatic heterocycles. The summed E-state index contributed by atoms with van der Waals surface area (Å²) >= 11 is 0. The molecule has 152 valence electrons. The maximum absolute atomic E-state index is 14.8. The fraction of sp³-hybridized carbons (Fsp3) is 0. The second kappa shape index (κ2) is 7.36. The molecule has 7 heteroatoms. The summed E-state index contributed by atoms with van der Waals surface area (Å²) in [6.45, 7) is 0. The molecule has 0 spiro atoms. The van der Waals surface area contributed by atoms with Crippen molar-refractivity contribution in [2.45, 2.75) is 0 Å². The van der Waals surface area contributed by atoms with Crippen LogP contribution in [0.25, 0.3) is 39.3 Å². The number of hydrogen-bond acceptors (Lipinski definition) is 2. The minimum atomic E-state index is -1.74. The Morgan fingerprint density at radius 1 is 0.581 bits per heavy atom. The van der Waals surface area contributed by atoms with Crippen LogP contribution in [0.1, 0.15) is 0 Å². The number of hydrogen-bond donors (Lipinski definition) is 0. The van der Waals surface area contributed by atoms with Gasteiger partial charge in [-0.05, 0) is 0 Å². The molecule has 31 heavy (non-hydrogen) atoms. The fourth-order valence-electron chi connectivity index (χ4n) is 3.66. The molecule has 0 atom stereocenters. The zero-order valence-corrected chi connectivity index (χ0v) is 15.9. The topological polar surface area (TPSA) is 30.7 Å². The number of benzene rings is 2. The Bertz CT molecular complexity index is 1340. The van der Waals surface area contributed by atoms with E-state index in [0.717, 1.165) is 10.2 Å². The summed E-state index contributed by atoms with van der Waals surface area (Å²) < 4.78 is 58.4. The second-order valence-electron chi connectivity index (χ2n) is 6.86. The zero-order chi connectivity index (χ0) is 21.5. The van der Waals surface area contributed by atoms with Gasteiger partial charge in [-0.15, -0.1) is 0 Å². The first-order valence-corrected chi connectivity index (χ1v) is 9.39. The standard InChI is InChI=1S/C24H13F4N3/c25-18-22(19(26)24(28)29-23(18)27)31-21(15-10-5-2-6-11-15)17-13-7-12-16(17)20(30-31)14-8-3-1-4-9-14/h1-13H. The van der Waals surface area contributed by atoms with E-state index in [4.69, 9.17) is 0 Å². The summed E-state index contributed by atoms with van der Waals surface area (Å²) in [5.74, 6) is -6.74. The van der Waals surface area contributed by atoms with Crippen molar-refractivity contribution in [3.05, 3.63) is 102 Å². The number of aromatic nitrogens is 3. The number of fused-ring (bicyclic) bond motifs is 1. The lowest BCUT2D eigenvalue weighted by atomic mass is 9.98. The van der Waals surface area contributed by atoms with E-state index in [9.17, 15) is 17.6 Å². The van der Waals surface area contributed by atoms with Crippen molar-refractivity contribution in [2.75, 3.05) is 0 Å². The average molecular weight is 419 g/mol. The molecule has 3 nitrogen and oxygen atoms in total. The van der Waals surface area contributed by atoms with Gasteiger partial charge in [0.25, 0.3) is 11.9 Å². The normalized spacial score (nSPS) is 11.2. The van der Waals surface area contributed by atoms with Gasteiger partial charge in [0, 0.05) is 22.3 Å². The first kappa shape index (κ1) is 19.0. The molecular weight excluding hydrogens is 406 g/mol. The Morgan fingerprint density at radius 2 is 1.13 bits per heavy atom. The van der Waals surface area contributed by atoms with Gasteiger partial charge in [-0.2, -0.15) is 27.6 Å². The van der Waals surface area contributed by atoms with Crippen molar-refractivity contribution in [3.8, 4) is 39.3 Å². The van der Waals surface area contributed by atoms with Gasteiger partial charge in [0.2, 0.25) is 11.6 Å². The molecule has 2 aliphatic rings. The molecule has 3 aromatic rings. The van der Waals surface area contributed by atoms with Crippen molar-refractivity contribution in [3.63, 3.8) is 0 Å². The van der Waals surface area contributed by atoms with Gasteiger partial charge >= 0.3 is 0 Å². The molecule has 0 amide bonds. The van der Waals surface area contributed by atoms with E-state index in [2.05, 4.69) is 10.1 Å². The van der Waals surface area contributed by atoms with Crippen LogP contribution in [-0.4, -0.2) is 14.8 Å². The van der Waals surface area contributed by atoms with Crippen LogP contribution in [0.5, 0.6) is 0 Å². The van der Waals surface area contributed by atoms with Crippen LogP contribution in [-0.2, 0) is 0 Å². The number of rotatable bonds is 3. The van der Waals surface area contributed by atoms with Gasteiger partial charge in [0.15, 0.2) is 0 Å². The van der Waals surface area contributed by atoms with Crippen molar-refractivity contribution >= 4 is 0 Å². The smallest absolute Gasteiger partial charge is 0.226 e. The summed E-state index contributed by atoms with van der Waals surface area (Å²) in [7, 11) is 0. The third-order valence-corrected chi connectivity index (χ3v) is 5.02. The molecule has 2 heterocycles. The zero-order valence-electron chi connectivity index (χ0n) is 15.9. The summed E-state index contributed by atoms with van der Waals surface area (Å²) in [6, 6.07) is 23.1. The summed E-state index contributed by atoms with van der Waals surface area (Å²) in [5, 5.41) is 4.47. The van der Waals surface area contributed by atoms with E-state index in [1.807, 2.05) is 12.1 Å². The van der Waals surface area contributed by atoms with Crippen LogP contribution in [0.15, 0.2) is 78.9 Å². The summed E-state index contributed by atoms with van der Waals surface area (Å²) in [4.78, 5) is 2.67. The number of halogens is 4. The van der Waals surface area contributed by atoms with Crippen LogP contribution >= 0.6 is 0 Å². The average Bonchev–Trinajstić information content (AvgIpc) is 3.28. The largest absolute Gasteiger partial charge is 0.254 e. The van der Waals surface area contributed by atoms with Crippen molar-refractivity contribution in [1.29, 1.82) is 0 Å². The van der Waals surface area contributed by atoms with Crippen molar-refractivity contribution < 1.29 is 17.6 Å². The first-order chi connectivity index (χ1) is 15.1. The van der Waals surface area contributed by atoms with Crippen molar-refractivity contribution in [2.24, 2.45) is 0 Å². The molecule has 1 aromatic heterocycles. The molecule has 5 rings (SSSR count). The highest BCUT2D eigenvalue weighted by Gasteiger charge is 2.28. The lowest BCUT2D eigenvalue weighted by molar-refractivity contribution is 0.400. The molecule has 2 aromatic carbocycles. The molecule has 0 saturated heterocycles. The molecule has 0 saturated carbocycles. The van der Waals surface area contributed by atoms with Crippen molar-refractivity contribution in [1.82, 2.24) is 14.8 Å². The SMILES string of the molecule is Fc1nc(F)c(F)c(-n2nc(-c3ccccc3)c3cccc-3c2-c2ccccc2)c1F. The third-order valence-electron chi connectivity index (χ3n) is 5.02. The van der Waals surface area contributed by atoms with Crippen LogP contribution in [0.4, 0.5) is 17.6 Å². The molecule has 0 radical (unpaired) electrons. The highest BCUT2D eigenvalue weighted by Crippen LogP contribution is 2.41. The quantitative estimate of drug-likeness (QED) is 0.255. The highest BCUT2D eigenvalue weighted by atomic mass is 19.2. The number of nitrogens with zero attached hydrogens (tertiary/aromatic N) is 3. The Hall–Kier alpha value is -4.00. The van der Waals surface area contributed by atoms with Gasteiger partial charge in [-0.1, -0.05) is 78.9 Å². The van der Waals surface area contributed by atoms with Gasteiger partial charge in [0.1, 0.15) is 5.69 Å². The van der Waals surface area contributed by atoms with Crippen LogP contribution < -0.4 is 0 Å². The lowest BCUT2D eigenvalue weighted by Gasteiger charge is -2.21. The molecule has 0 N–H and O–H groups in total. The third kappa shape index (κ3) is 3.06. The molecule has 0 bridgehead atoms. The minimum absolute atomic E-state index is 0.295. The summed E-state index contributed by atoms with van der Waals surface area (Å²) in [5.41, 5.74) is 2.35. The molecule has 0 unspecified atom stereocenters. The second-order valence-corrected chi connectivity index (χ2v) is 6.86. The van der Waals surface area contributed by atoms with Gasteiger partial charge in [0.05, 0.1) is 11.4 Å². The fourth-order valence-corrected chi connectivity index (χ4v) is 3.66. The maximum Gasteiger partial charge on any atom is 0.254 e. The predicted octanol–water partition coefficient (Wildman–Crippen LogP) is 6.26. The van der Waals surface area contributed by atoms with Gasteiger partial charge < -0.3 is 0 Å². The predicted molar refractivity (Wildman–Crippen MR) is 109 cm³/mol. The maximum atomic E-state index is 14.8. The van der Waals surface area contributed by atoms with E-state index >= 15 is 0 Å². The van der Waals surface area contributed by atoms with E-state index in [1.54, 1.807) is 66.7 Å². The number of pyridine rings is 1. The summed E-state index contributed by atoms with van der Waals surface area (Å²) in [6.07, 6.45) is 0. The Morgan fingerprint density at radius 3 is 1.74 bits per heavy atom. The van der Waals surface area contributed by atoms with E-state index in [-0.39, 0.29) is 0 Å². The Labute approximate surface area is 174 Å². The van der Waals surface area contributed by atoms with Crippen LogP contribution in [0, 0.1) is 23.5 Å². The molecule has 1 aliphatic carbocycles. The monoisotopic (exact) mass is 419 g/mol. The van der Waals surface area contributed by atoms with E-state index in [1.165, 1.54) is 0 Å². The Kier molecular flexibility index (Phi) is 4.51. The first-order valence-electron chi connectivity index (χ1n) is 9.39. The molecule has 0 fully saturated rings. The lowest BCUT2D eigenvalue weighted by Crippen LogP contribution is -2.15. The van der Waals surface area contributed by atoms with Gasteiger partial charge in [-0.3, -0.25) is 0 Å². The highest BCUT2D eigenvalue weighted by molar-refractivity contribution is 5.91.